The lowest BCUT2D eigenvalue weighted by Crippen LogP contribution is -2.22. The molecule has 0 spiro atoms. The van der Waals surface area contributed by atoms with E-state index in [0.717, 1.165) is 16.8 Å². The zero-order valence-electron chi connectivity index (χ0n) is 16.8. The highest BCUT2D eigenvalue weighted by atomic mass is 32.2. The molecule has 9 heteroatoms. The molecule has 0 unspecified atom stereocenters. The first kappa shape index (κ1) is 21.8. The predicted molar refractivity (Wildman–Crippen MR) is 123 cm³/mol. The predicted octanol–water partition coefficient (Wildman–Crippen LogP) is 3.52. The molecule has 30 heavy (non-hydrogen) atoms. The topological polar surface area (TPSA) is 80.2 Å². The molecule has 1 fully saturated rings. The van der Waals surface area contributed by atoms with Crippen molar-refractivity contribution in [1.29, 1.82) is 0 Å². The molecule has 1 saturated heterocycles. The first-order valence-corrected chi connectivity index (χ1v) is 10.5. The van der Waals surface area contributed by atoms with Gasteiger partial charge >= 0.3 is 0 Å². The summed E-state index contributed by atoms with van der Waals surface area (Å²) in [6.07, 6.45) is 1.52. The van der Waals surface area contributed by atoms with E-state index in [0.29, 0.717) is 27.1 Å². The summed E-state index contributed by atoms with van der Waals surface area (Å²) in [7, 11) is 1.51. The highest BCUT2D eigenvalue weighted by Gasteiger charge is 2.26. The van der Waals surface area contributed by atoms with Gasteiger partial charge in [-0.05, 0) is 60.9 Å². The van der Waals surface area contributed by atoms with Gasteiger partial charge in [0.05, 0.1) is 19.1 Å². The van der Waals surface area contributed by atoms with E-state index >= 15 is 0 Å². The maximum Gasteiger partial charge on any atom is 0.262 e. The Kier molecular flexibility index (Phi) is 7.07. The molecule has 0 aromatic heterocycles. The quantitative estimate of drug-likeness (QED) is 0.521. The summed E-state index contributed by atoms with van der Waals surface area (Å²) in [6.45, 7) is 3.84. The van der Waals surface area contributed by atoms with Gasteiger partial charge in [0.15, 0.2) is 22.4 Å². The lowest BCUT2D eigenvalue weighted by Gasteiger charge is -2.12. The average molecular weight is 444 g/mol. The fourth-order valence-corrected chi connectivity index (χ4v) is 3.59. The summed E-state index contributed by atoms with van der Waals surface area (Å²) in [5.74, 6) is 0.750. The Morgan fingerprint density at radius 1 is 1.23 bits per heavy atom. The van der Waals surface area contributed by atoms with Crippen LogP contribution in [0.2, 0.25) is 0 Å². The number of nitrogens with zero attached hydrogens (tertiary/aromatic N) is 2. The van der Waals surface area contributed by atoms with Crippen molar-refractivity contribution in [3.05, 3.63) is 53.1 Å². The Balaban J connectivity index is 1.62. The van der Waals surface area contributed by atoms with E-state index in [9.17, 15) is 9.59 Å². The maximum absolute atomic E-state index is 12.2. The molecule has 0 aliphatic carbocycles. The van der Waals surface area contributed by atoms with E-state index in [1.165, 1.54) is 30.1 Å². The van der Waals surface area contributed by atoms with E-state index in [4.69, 9.17) is 21.7 Å². The van der Waals surface area contributed by atoms with Gasteiger partial charge in [-0.25, -0.2) is 0 Å². The van der Waals surface area contributed by atoms with Crippen molar-refractivity contribution in [2.75, 3.05) is 24.8 Å². The number of ether oxygens (including phenoxy) is 2. The second-order valence-corrected chi connectivity index (χ2v) is 8.16. The molecule has 156 valence electrons. The summed E-state index contributed by atoms with van der Waals surface area (Å²) < 4.78 is 11.4. The molecule has 1 aliphatic heterocycles. The normalized spacial score (nSPS) is 13.8. The van der Waals surface area contributed by atoms with Crippen LogP contribution >= 0.6 is 24.0 Å². The Bertz CT molecular complexity index is 1010. The third kappa shape index (κ3) is 5.37. The van der Waals surface area contributed by atoms with Gasteiger partial charge in [0.25, 0.3) is 11.8 Å². The van der Waals surface area contributed by atoms with Crippen LogP contribution in [0.3, 0.4) is 0 Å². The first-order chi connectivity index (χ1) is 14.4. The van der Waals surface area contributed by atoms with Crippen molar-refractivity contribution in [3.63, 3.8) is 0 Å². The number of hydrazone groups is 1. The van der Waals surface area contributed by atoms with E-state index < -0.39 is 0 Å². The SMILES string of the molecule is COc1cc(/C=N/N2C(=O)CSC2=S)ccc1OCC(=O)Nc1ccc(C)c(C)c1. The molecule has 1 N–H and O–H groups in total. The Morgan fingerprint density at radius 2 is 2.03 bits per heavy atom. The number of carbonyl (C=O) groups excluding carboxylic acids is 2. The summed E-state index contributed by atoms with van der Waals surface area (Å²) in [5.41, 5.74) is 3.68. The van der Waals surface area contributed by atoms with E-state index in [1.54, 1.807) is 18.2 Å². The highest BCUT2D eigenvalue weighted by Crippen LogP contribution is 2.28. The molecule has 7 nitrogen and oxygen atoms in total. The van der Waals surface area contributed by atoms with Crippen molar-refractivity contribution in [1.82, 2.24) is 5.01 Å². The van der Waals surface area contributed by atoms with Gasteiger partial charge < -0.3 is 14.8 Å². The molecule has 2 aromatic carbocycles. The van der Waals surface area contributed by atoms with Gasteiger partial charge in [0, 0.05) is 5.69 Å². The van der Waals surface area contributed by atoms with Crippen LogP contribution in [0.15, 0.2) is 41.5 Å². The third-order valence-corrected chi connectivity index (χ3v) is 5.73. The summed E-state index contributed by atoms with van der Waals surface area (Å²) >= 11 is 6.37. The van der Waals surface area contributed by atoms with Crippen molar-refractivity contribution >= 4 is 52.0 Å². The molecule has 0 saturated carbocycles. The zero-order valence-corrected chi connectivity index (χ0v) is 18.4. The Labute approximate surface area is 184 Å². The molecule has 2 aromatic rings. The number of hydrogen-bond acceptors (Lipinski definition) is 7. The fourth-order valence-electron chi connectivity index (χ4n) is 2.63. The molecule has 1 heterocycles. The van der Waals surface area contributed by atoms with E-state index in [2.05, 4.69) is 10.4 Å². The van der Waals surface area contributed by atoms with Crippen molar-refractivity contribution in [3.8, 4) is 11.5 Å². The van der Waals surface area contributed by atoms with Gasteiger partial charge in [0.2, 0.25) is 0 Å². The number of benzene rings is 2. The van der Waals surface area contributed by atoms with Crippen molar-refractivity contribution in [2.45, 2.75) is 13.8 Å². The number of amides is 2. The van der Waals surface area contributed by atoms with E-state index in [1.807, 2.05) is 32.0 Å². The van der Waals surface area contributed by atoms with Gasteiger partial charge in [0.1, 0.15) is 0 Å². The first-order valence-electron chi connectivity index (χ1n) is 9.09. The molecule has 1 aliphatic rings. The minimum Gasteiger partial charge on any atom is -0.493 e. The lowest BCUT2D eigenvalue weighted by atomic mass is 10.1. The average Bonchev–Trinajstić information content (AvgIpc) is 3.05. The lowest BCUT2D eigenvalue weighted by molar-refractivity contribution is -0.124. The number of rotatable bonds is 7. The molecule has 3 rings (SSSR count). The van der Waals surface area contributed by atoms with Crippen LogP contribution < -0.4 is 14.8 Å². The number of aryl methyl sites for hydroxylation is 2. The largest absolute Gasteiger partial charge is 0.493 e. The van der Waals surface area contributed by atoms with Crippen LogP contribution in [0.25, 0.3) is 0 Å². The molecule has 0 bridgehead atoms. The van der Waals surface area contributed by atoms with Crippen LogP contribution in [-0.4, -0.2) is 46.8 Å². The van der Waals surface area contributed by atoms with Gasteiger partial charge in [-0.3, -0.25) is 9.59 Å². The molecular weight excluding hydrogens is 422 g/mol. The Hall–Kier alpha value is -2.91. The van der Waals surface area contributed by atoms with Crippen LogP contribution in [0, 0.1) is 13.8 Å². The standard InChI is InChI=1S/C21H21N3O4S2/c1-13-4-6-16(8-14(13)2)23-19(25)11-28-17-7-5-15(9-18(17)27-3)10-22-24-20(26)12-30-21(24)29/h4-10H,11-12H2,1-3H3,(H,23,25)/b22-10+. The minimum absolute atomic E-state index is 0.150. The van der Waals surface area contributed by atoms with Crippen molar-refractivity contribution in [2.24, 2.45) is 5.10 Å². The summed E-state index contributed by atoms with van der Waals surface area (Å²) in [5, 5.41) is 8.14. The smallest absolute Gasteiger partial charge is 0.262 e. The minimum atomic E-state index is -0.274. The fraction of sp³-hybridized carbons (Fsp3) is 0.238. The van der Waals surface area contributed by atoms with E-state index in [-0.39, 0.29) is 18.4 Å². The second kappa shape index (κ2) is 9.73. The number of carbonyl (C=O) groups is 2. The molecule has 0 atom stereocenters. The number of methoxy groups -OCH3 is 1. The summed E-state index contributed by atoms with van der Waals surface area (Å²) in [6, 6.07) is 10.9. The number of nitrogens with one attached hydrogen (secondary N) is 1. The summed E-state index contributed by atoms with van der Waals surface area (Å²) in [4.78, 5) is 23.9. The monoisotopic (exact) mass is 443 g/mol. The zero-order chi connectivity index (χ0) is 21.7. The van der Waals surface area contributed by atoms with Gasteiger partial charge in [-0.15, -0.1) is 0 Å². The Morgan fingerprint density at radius 3 is 2.70 bits per heavy atom. The highest BCUT2D eigenvalue weighted by molar-refractivity contribution is 8.23. The number of thioether (sulfide) groups is 1. The number of hydrogen-bond donors (Lipinski definition) is 1. The molecular formula is C21H21N3O4S2. The van der Waals surface area contributed by atoms with Crippen LogP contribution in [0.5, 0.6) is 11.5 Å². The van der Waals surface area contributed by atoms with Crippen LogP contribution in [0.4, 0.5) is 5.69 Å². The second-order valence-electron chi connectivity index (χ2n) is 6.55. The van der Waals surface area contributed by atoms with Gasteiger partial charge in [-0.2, -0.15) is 10.1 Å². The van der Waals surface area contributed by atoms with Crippen molar-refractivity contribution < 1.29 is 19.1 Å². The number of anilines is 1. The molecule has 2 amide bonds. The van der Waals surface area contributed by atoms with Crippen LogP contribution in [-0.2, 0) is 9.59 Å². The number of thiocarbonyl (C=S) groups is 1. The third-order valence-electron chi connectivity index (χ3n) is 4.39. The molecule has 0 radical (unpaired) electrons. The van der Waals surface area contributed by atoms with Gasteiger partial charge in [-0.1, -0.05) is 30.0 Å². The maximum atomic E-state index is 12.2. The van der Waals surface area contributed by atoms with Crippen LogP contribution in [0.1, 0.15) is 16.7 Å².